The van der Waals surface area contributed by atoms with Gasteiger partial charge in [-0.25, -0.2) is 0 Å². The van der Waals surface area contributed by atoms with Crippen molar-refractivity contribution in [1.29, 1.82) is 0 Å². The van der Waals surface area contributed by atoms with Crippen LogP contribution in [0.25, 0.3) is 0 Å². The van der Waals surface area contributed by atoms with Gasteiger partial charge in [0.2, 0.25) is 0 Å². The highest BCUT2D eigenvalue weighted by molar-refractivity contribution is 5.92. The average molecular weight is 363 g/mol. The molecule has 0 aromatic carbocycles. The molecule has 0 bridgehead atoms. The summed E-state index contributed by atoms with van der Waals surface area (Å²) in [6, 6.07) is 1.61. The highest BCUT2D eigenvalue weighted by atomic mass is 16.5. The SMILES string of the molecule is COCCOCc1nc(C2CCCCN2C(=O)c2cc(C)n(C)n2)no1. The summed E-state index contributed by atoms with van der Waals surface area (Å²) >= 11 is 0. The minimum absolute atomic E-state index is 0.0962. The quantitative estimate of drug-likeness (QED) is 0.690. The van der Waals surface area contributed by atoms with E-state index in [0.29, 0.717) is 37.2 Å². The van der Waals surface area contributed by atoms with Gasteiger partial charge in [0.1, 0.15) is 6.61 Å². The summed E-state index contributed by atoms with van der Waals surface area (Å²) in [4.78, 5) is 19.1. The Labute approximate surface area is 152 Å². The van der Waals surface area contributed by atoms with Gasteiger partial charge in [-0.2, -0.15) is 10.1 Å². The zero-order valence-electron chi connectivity index (χ0n) is 15.5. The number of methoxy groups -OCH3 is 1. The van der Waals surface area contributed by atoms with Gasteiger partial charge in [0.25, 0.3) is 11.8 Å². The fraction of sp³-hybridized carbons (Fsp3) is 0.647. The van der Waals surface area contributed by atoms with E-state index in [2.05, 4.69) is 15.2 Å². The molecule has 2 aromatic rings. The van der Waals surface area contributed by atoms with Crippen LogP contribution in [0, 0.1) is 6.92 Å². The predicted molar refractivity (Wildman–Crippen MR) is 91.4 cm³/mol. The summed E-state index contributed by atoms with van der Waals surface area (Å²) in [6.07, 6.45) is 2.78. The summed E-state index contributed by atoms with van der Waals surface area (Å²) in [5.74, 6) is 0.833. The van der Waals surface area contributed by atoms with Crippen molar-refractivity contribution in [2.75, 3.05) is 26.9 Å². The van der Waals surface area contributed by atoms with Crippen molar-refractivity contribution in [1.82, 2.24) is 24.8 Å². The normalized spacial score (nSPS) is 17.7. The number of carbonyl (C=O) groups is 1. The molecular formula is C17H25N5O4. The molecule has 9 heteroatoms. The lowest BCUT2D eigenvalue weighted by atomic mass is 10.0. The van der Waals surface area contributed by atoms with Gasteiger partial charge in [0, 0.05) is 26.4 Å². The molecule has 1 amide bonds. The van der Waals surface area contributed by atoms with Gasteiger partial charge in [0.15, 0.2) is 11.5 Å². The third-order valence-electron chi connectivity index (χ3n) is 4.54. The van der Waals surface area contributed by atoms with Crippen molar-refractivity contribution >= 4 is 5.91 Å². The summed E-state index contributed by atoms with van der Waals surface area (Å²) in [5.41, 5.74) is 1.39. The molecule has 9 nitrogen and oxygen atoms in total. The van der Waals surface area contributed by atoms with Crippen LogP contribution in [0.2, 0.25) is 0 Å². The Morgan fingerprint density at radius 2 is 2.23 bits per heavy atom. The second kappa shape index (κ2) is 8.41. The lowest BCUT2D eigenvalue weighted by Gasteiger charge is -2.33. The number of likely N-dealkylation sites (tertiary alicyclic amines) is 1. The molecule has 1 aliphatic heterocycles. The van der Waals surface area contributed by atoms with Crippen LogP contribution in [0.5, 0.6) is 0 Å². The second-order valence-corrected chi connectivity index (χ2v) is 6.40. The van der Waals surface area contributed by atoms with E-state index in [-0.39, 0.29) is 18.6 Å². The first-order chi connectivity index (χ1) is 12.6. The number of amides is 1. The predicted octanol–water partition coefficient (Wildman–Crippen LogP) is 1.64. The molecule has 2 aromatic heterocycles. The number of ether oxygens (including phenoxy) is 2. The lowest BCUT2D eigenvalue weighted by Crippen LogP contribution is -2.39. The molecule has 1 atom stereocenters. The molecule has 0 spiro atoms. The summed E-state index contributed by atoms with van der Waals surface area (Å²) in [5, 5.41) is 8.38. The highest BCUT2D eigenvalue weighted by Gasteiger charge is 2.33. The third kappa shape index (κ3) is 4.10. The molecule has 26 heavy (non-hydrogen) atoms. The monoisotopic (exact) mass is 363 g/mol. The van der Waals surface area contributed by atoms with Crippen molar-refractivity contribution in [2.24, 2.45) is 7.05 Å². The Bertz CT molecular complexity index is 722. The van der Waals surface area contributed by atoms with Crippen LogP contribution in [-0.4, -0.2) is 57.6 Å². The minimum Gasteiger partial charge on any atom is -0.382 e. The van der Waals surface area contributed by atoms with E-state index in [1.165, 1.54) is 0 Å². The topological polar surface area (TPSA) is 95.5 Å². The van der Waals surface area contributed by atoms with E-state index < -0.39 is 0 Å². The molecule has 0 N–H and O–H groups in total. The number of carbonyl (C=O) groups excluding carboxylic acids is 1. The first kappa shape index (κ1) is 18.5. The molecule has 142 valence electrons. The zero-order valence-corrected chi connectivity index (χ0v) is 15.5. The fourth-order valence-corrected chi connectivity index (χ4v) is 3.02. The van der Waals surface area contributed by atoms with Gasteiger partial charge in [-0.15, -0.1) is 0 Å². The summed E-state index contributed by atoms with van der Waals surface area (Å²) < 4.78 is 17.3. The van der Waals surface area contributed by atoms with Crippen molar-refractivity contribution < 1.29 is 18.8 Å². The van der Waals surface area contributed by atoms with Gasteiger partial charge < -0.3 is 18.9 Å². The molecular weight excluding hydrogens is 338 g/mol. The standard InChI is InChI=1S/C17H25N5O4/c1-12-10-13(19-21(12)2)17(23)22-7-5-4-6-14(22)16-18-15(26-20-16)11-25-9-8-24-3/h10,14H,4-9,11H2,1-3H3. The summed E-state index contributed by atoms with van der Waals surface area (Å²) in [7, 11) is 3.45. The number of aromatic nitrogens is 4. The second-order valence-electron chi connectivity index (χ2n) is 6.40. The molecule has 0 saturated carbocycles. The Morgan fingerprint density at radius 3 is 2.96 bits per heavy atom. The lowest BCUT2D eigenvalue weighted by molar-refractivity contribution is 0.0494. The Balaban J connectivity index is 1.70. The van der Waals surface area contributed by atoms with E-state index in [9.17, 15) is 4.79 Å². The number of aryl methyl sites for hydroxylation is 2. The summed E-state index contributed by atoms with van der Waals surface area (Å²) in [6.45, 7) is 3.78. The number of hydrogen-bond donors (Lipinski definition) is 0. The van der Waals surface area contributed by atoms with Crippen LogP contribution in [0.15, 0.2) is 10.6 Å². The van der Waals surface area contributed by atoms with Crippen molar-refractivity contribution in [2.45, 2.75) is 38.8 Å². The van der Waals surface area contributed by atoms with E-state index in [1.54, 1.807) is 22.8 Å². The third-order valence-corrected chi connectivity index (χ3v) is 4.54. The average Bonchev–Trinajstić information content (AvgIpc) is 3.25. The molecule has 3 heterocycles. The molecule has 1 aliphatic rings. The van der Waals surface area contributed by atoms with Crippen molar-refractivity contribution in [3.8, 4) is 0 Å². The Hall–Kier alpha value is -2.26. The van der Waals surface area contributed by atoms with Crippen LogP contribution in [0.4, 0.5) is 0 Å². The maximum Gasteiger partial charge on any atom is 0.274 e. The Morgan fingerprint density at radius 1 is 1.38 bits per heavy atom. The highest BCUT2D eigenvalue weighted by Crippen LogP contribution is 2.30. The van der Waals surface area contributed by atoms with Crippen LogP contribution >= 0.6 is 0 Å². The number of piperidine rings is 1. The van der Waals surface area contributed by atoms with Gasteiger partial charge in [-0.1, -0.05) is 5.16 Å². The first-order valence-corrected chi connectivity index (χ1v) is 8.81. The van der Waals surface area contributed by atoms with Gasteiger partial charge in [0.05, 0.1) is 19.3 Å². The number of nitrogens with zero attached hydrogens (tertiary/aromatic N) is 5. The zero-order chi connectivity index (χ0) is 18.5. The van der Waals surface area contributed by atoms with Gasteiger partial charge in [-0.05, 0) is 32.3 Å². The van der Waals surface area contributed by atoms with Crippen LogP contribution in [-0.2, 0) is 23.1 Å². The molecule has 0 aliphatic carbocycles. The molecule has 1 fully saturated rings. The Kier molecular flexibility index (Phi) is 6.00. The molecule has 0 radical (unpaired) electrons. The smallest absolute Gasteiger partial charge is 0.274 e. The minimum atomic E-state index is -0.199. The maximum atomic E-state index is 12.9. The van der Waals surface area contributed by atoms with Gasteiger partial charge >= 0.3 is 0 Å². The van der Waals surface area contributed by atoms with E-state index >= 15 is 0 Å². The molecule has 1 saturated heterocycles. The van der Waals surface area contributed by atoms with Crippen molar-refractivity contribution in [3.63, 3.8) is 0 Å². The number of rotatable bonds is 7. The molecule has 3 rings (SSSR count). The van der Waals surface area contributed by atoms with Crippen LogP contribution in [0.1, 0.15) is 53.2 Å². The van der Waals surface area contributed by atoms with E-state index in [1.807, 2.05) is 14.0 Å². The van der Waals surface area contributed by atoms with E-state index in [4.69, 9.17) is 14.0 Å². The van der Waals surface area contributed by atoms with Gasteiger partial charge in [-0.3, -0.25) is 9.48 Å². The van der Waals surface area contributed by atoms with Crippen LogP contribution in [0.3, 0.4) is 0 Å². The largest absolute Gasteiger partial charge is 0.382 e. The fourth-order valence-electron chi connectivity index (χ4n) is 3.02. The van der Waals surface area contributed by atoms with Crippen LogP contribution < -0.4 is 0 Å². The molecule has 1 unspecified atom stereocenters. The number of hydrogen-bond acceptors (Lipinski definition) is 7. The van der Waals surface area contributed by atoms with E-state index in [0.717, 1.165) is 25.0 Å². The first-order valence-electron chi connectivity index (χ1n) is 8.81. The maximum absolute atomic E-state index is 12.9. The van der Waals surface area contributed by atoms with Crippen molar-refractivity contribution in [3.05, 3.63) is 29.2 Å².